The Bertz CT molecular complexity index is 1070. The number of aryl methyl sites for hydroxylation is 2. The molecule has 10 nitrogen and oxygen atoms in total. The minimum atomic E-state index is -1.11. The van der Waals surface area contributed by atoms with E-state index in [-0.39, 0.29) is 12.5 Å². The maximum atomic E-state index is 13.5. The number of carbonyl (C=O) groups is 3. The first-order valence-corrected chi connectivity index (χ1v) is 12.0. The predicted molar refractivity (Wildman–Crippen MR) is 132 cm³/mol. The summed E-state index contributed by atoms with van der Waals surface area (Å²) >= 11 is 0. The second-order valence-electron chi connectivity index (χ2n) is 9.37. The van der Waals surface area contributed by atoms with E-state index < -0.39 is 23.5 Å². The number of nitrogens with one attached hydrogen (secondary N) is 2. The Morgan fingerprint density at radius 1 is 1.17 bits per heavy atom. The van der Waals surface area contributed by atoms with Crippen LogP contribution in [0.3, 0.4) is 0 Å². The van der Waals surface area contributed by atoms with Crippen LogP contribution in [0.15, 0.2) is 36.4 Å². The Labute approximate surface area is 210 Å². The SMILES string of the molecule is Cc1cc(COc2ccc(C3(C)CCN([C@H](CCCCNC(=O)O)C(=O)NO)C3=O)cc2)cc(C)n1. The molecule has 0 aliphatic carbocycles. The van der Waals surface area contributed by atoms with Crippen molar-refractivity contribution in [3.8, 4) is 5.75 Å². The molecule has 1 unspecified atom stereocenters. The van der Waals surface area contributed by atoms with E-state index in [4.69, 9.17) is 9.84 Å². The van der Waals surface area contributed by atoms with E-state index in [1.807, 2.05) is 57.2 Å². The minimum absolute atomic E-state index is 0.184. The first-order chi connectivity index (χ1) is 17.1. The zero-order chi connectivity index (χ0) is 26.3. The Morgan fingerprint density at radius 3 is 2.44 bits per heavy atom. The average molecular weight is 499 g/mol. The van der Waals surface area contributed by atoms with Crippen LogP contribution in [0.5, 0.6) is 5.75 Å². The van der Waals surface area contributed by atoms with Crippen molar-refractivity contribution in [1.82, 2.24) is 20.7 Å². The molecule has 4 N–H and O–H groups in total. The van der Waals surface area contributed by atoms with Gasteiger partial charge < -0.3 is 20.1 Å². The maximum absolute atomic E-state index is 13.5. The van der Waals surface area contributed by atoms with Crippen molar-refractivity contribution in [3.05, 3.63) is 58.9 Å². The molecule has 0 saturated carbocycles. The topological polar surface area (TPSA) is 141 Å². The van der Waals surface area contributed by atoms with E-state index in [1.54, 1.807) is 5.48 Å². The molecule has 1 aliphatic heterocycles. The summed E-state index contributed by atoms with van der Waals surface area (Å²) in [5, 5.41) is 20.2. The zero-order valence-corrected chi connectivity index (χ0v) is 20.9. The molecular formula is C26H34N4O6. The van der Waals surface area contributed by atoms with E-state index in [0.717, 1.165) is 22.5 Å². The molecule has 1 aromatic heterocycles. The molecule has 3 amide bonds. The third-order valence-electron chi connectivity index (χ3n) is 6.59. The predicted octanol–water partition coefficient (Wildman–Crippen LogP) is 3.08. The van der Waals surface area contributed by atoms with Crippen LogP contribution >= 0.6 is 0 Å². The summed E-state index contributed by atoms with van der Waals surface area (Å²) in [6.07, 6.45) is 0.764. The first-order valence-electron chi connectivity index (χ1n) is 12.0. The molecule has 0 spiro atoms. The standard InChI is InChI=1S/C26H34N4O6/c1-17-14-19(15-18(2)28-17)16-36-21-9-7-20(8-10-21)26(3)11-13-30(24(26)32)22(23(31)29-35)6-4-5-12-27-25(33)34/h7-10,14-15,22,27,35H,4-6,11-13,16H2,1-3H3,(H,29,31)(H,33,34)/t22-,26?/m1/s1. The van der Waals surface area contributed by atoms with Crippen LogP contribution in [-0.2, 0) is 21.6 Å². The fourth-order valence-corrected chi connectivity index (χ4v) is 4.69. The molecular weight excluding hydrogens is 464 g/mol. The molecule has 1 aromatic carbocycles. The molecule has 36 heavy (non-hydrogen) atoms. The molecule has 1 saturated heterocycles. The highest BCUT2D eigenvalue weighted by Gasteiger charge is 2.47. The van der Waals surface area contributed by atoms with Crippen LogP contribution in [-0.4, -0.2) is 57.2 Å². The molecule has 0 bridgehead atoms. The maximum Gasteiger partial charge on any atom is 0.404 e. The van der Waals surface area contributed by atoms with Gasteiger partial charge in [0.15, 0.2) is 0 Å². The van der Waals surface area contributed by atoms with Gasteiger partial charge in [0.1, 0.15) is 18.4 Å². The molecule has 3 rings (SSSR count). The van der Waals surface area contributed by atoms with Crippen LogP contribution in [0.2, 0.25) is 0 Å². The Morgan fingerprint density at radius 2 is 1.83 bits per heavy atom. The zero-order valence-electron chi connectivity index (χ0n) is 20.9. The fraction of sp³-hybridized carbons (Fsp3) is 0.462. The number of carboxylic acid groups (broad SMARTS) is 1. The van der Waals surface area contributed by atoms with Gasteiger partial charge in [0.05, 0.1) is 5.41 Å². The normalized spacial score (nSPS) is 18.1. The van der Waals surface area contributed by atoms with Gasteiger partial charge in [0, 0.05) is 24.5 Å². The second-order valence-corrected chi connectivity index (χ2v) is 9.37. The molecule has 2 heterocycles. The van der Waals surface area contributed by atoms with Gasteiger partial charge in [-0.3, -0.25) is 19.8 Å². The quantitative estimate of drug-likeness (QED) is 0.212. The van der Waals surface area contributed by atoms with Crippen molar-refractivity contribution in [2.24, 2.45) is 0 Å². The summed E-state index contributed by atoms with van der Waals surface area (Å²) < 4.78 is 5.92. The van der Waals surface area contributed by atoms with Gasteiger partial charge >= 0.3 is 6.09 Å². The molecule has 10 heteroatoms. The van der Waals surface area contributed by atoms with Gasteiger partial charge in [0.2, 0.25) is 5.91 Å². The number of nitrogens with zero attached hydrogens (tertiary/aromatic N) is 2. The van der Waals surface area contributed by atoms with Crippen LogP contribution < -0.4 is 15.5 Å². The summed E-state index contributed by atoms with van der Waals surface area (Å²) in [5.41, 5.74) is 4.59. The van der Waals surface area contributed by atoms with Gasteiger partial charge in [-0.15, -0.1) is 0 Å². The molecule has 0 radical (unpaired) electrons. The second kappa shape index (κ2) is 11.9. The lowest BCUT2D eigenvalue weighted by Crippen LogP contribution is -2.49. The summed E-state index contributed by atoms with van der Waals surface area (Å²) in [6.45, 7) is 6.79. The van der Waals surface area contributed by atoms with Crippen LogP contribution in [0, 0.1) is 13.8 Å². The van der Waals surface area contributed by atoms with E-state index in [1.165, 1.54) is 4.90 Å². The largest absolute Gasteiger partial charge is 0.489 e. The van der Waals surface area contributed by atoms with Gasteiger partial charge in [0.25, 0.3) is 5.91 Å². The minimum Gasteiger partial charge on any atom is -0.489 e. The van der Waals surface area contributed by atoms with E-state index in [0.29, 0.717) is 44.6 Å². The Kier molecular flexibility index (Phi) is 8.87. The van der Waals surface area contributed by atoms with E-state index >= 15 is 0 Å². The highest BCUT2D eigenvalue weighted by molar-refractivity contribution is 5.94. The number of aromatic nitrogens is 1. The highest BCUT2D eigenvalue weighted by Crippen LogP contribution is 2.37. The number of pyridine rings is 1. The van der Waals surface area contributed by atoms with E-state index in [2.05, 4.69) is 10.3 Å². The van der Waals surface area contributed by atoms with Gasteiger partial charge in [-0.25, -0.2) is 10.3 Å². The smallest absolute Gasteiger partial charge is 0.404 e. The number of benzene rings is 1. The van der Waals surface area contributed by atoms with Crippen molar-refractivity contribution < 1.29 is 29.4 Å². The van der Waals surface area contributed by atoms with Crippen LogP contribution in [0.1, 0.15) is 55.1 Å². The number of hydrogen-bond acceptors (Lipinski definition) is 6. The monoisotopic (exact) mass is 498 g/mol. The summed E-state index contributed by atoms with van der Waals surface area (Å²) in [4.78, 5) is 42.3. The fourth-order valence-electron chi connectivity index (χ4n) is 4.69. The van der Waals surface area contributed by atoms with Gasteiger partial charge in [-0.1, -0.05) is 12.1 Å². The first kappa shape index (κ1) is 26.9. The van der Waals surface area contributed by atoms with Crippen LogP contribution in [0.4, 0.5) is 4.79 Å². The molecule has 1 aliphatic rings. The number of carbonyl (C=O) groups excluding carboxylic acids is 2. The molecule has 1 fully saturated rings. The molecule has 194 valence electrons. The van der Waals surface area contributed by atoms with Crippen molar-refractivity contribution >= 4 is 17.9 Å². The van der Waals surface area contributed by atoms with Crippen molar-refractivity contribution in [1.29, 1.82) is 0 Å². The lowest BCUT2D eigenvalue weighted by molar-refractivity contribution is -0.144. The van der Waals surface area contributed by atoms with Crippen molar-refractivity contribution in [2.45, 2.75) is 64.5 Å². The average Bonchev–Trinajstić information content (AvgIpc) is 3.14. The number of rotatable bonds is 11. The summed E-state index contributed by atoms with van der Waals surface area (Å²) in [6, 6.07) is 10.6. The Balaban J connectivity index is 1.64. The summed E-state index contributed by atoms with van der Waals surface area (Å²) in [7, 11) is 0. The number of hydrogen-bond donors (Lipinski definition) is 4. The lowest BCUT2D eigenvalue weighted by Gasteiger charge is -2.29. The van der Waals surface area contributed by atoms with Crippen molar-refractivity contribution in [3.63, 3.8) is 0 Å². The third-order valence-corrected chi connectivity index (χ3v) is 6.59. The number of hydroxylamine groups is 1. The van der Waals surface area contributed by atoms with E-state index in [9.17, 15) is 19.6 Å². The van der Waals surface area contributed by atoms with Gasteiger partial charge in [-0.05, 0) is 81.8 Å². The number of unbranched alkanes of at least 4 members (excludes halogenated alkanes) is 1. The lowest BCUT2D eigenvalue weighted by atomic mass is 9.81. The summed E-state index contributed by atoms with van der Waals surface area (Å²) in [5.74, 6) is -0.149. The van der Waals surface area contributed by atoms with Crippen LogP contribution in [0.25, 0.3) is 0 Å². The molecule has 2 aromatic rings. The third kappa shape index (κ3) is 6.51. The number of likely N-dealkylation sites (tertiary alicyclic amines) is 1. The Hall–Kier alpha value is -3.66. The highest BCUT2D eigenvalue weighted by atomic mass is 16.5. The molecule has 2 atom stereocenters. The van der Waals surface area contributed by atoms with Gasteiger partial charge in [-0.2, -0.15) is 0 Å². The number of ether oxygens (including phenoxy) is 1. The van der Waals surface area contributed by atoms with Crippen molar-refractivity contribution in [2.75, 3.05) is 13.1 Å². The number of amides is 3.